The van der Waals surface area contributed by atoms with Gasteiger partial charge < -0.3 is 14.3 Å². The number of likely N-dealkylation sites (tertiary alicyclic amines) is 1. The van der Waals surface area contributed by atoms with Crippen molar-refractivity contribution in [3.63, 3.8) is 0 Å². The van der Waals surface area contributed by atoms with Gasteiger partial charge in [-0.1, -0.05) is 5.16 Å². The minimum absolute atomic E-state index is 0.0550. The van der Waals surface area contributed by atoms with Crippen LogP contribution in [-0.4, -0.2) is 45.3 Å². The van der Waals surface area contributed by atoms with Gasteiger partial charge in [0.1, 0.15) is 17.5 Å². The van der Waals surface area contributed by atoms with Crippen LogP contribution < -0.4 is 5.32 Å². The van der Waals surface area contributed by atoms with Crippen LogP contribution in [0.1, 0.15) is 18.1 Å². The third-order valence-corrected chi connectivity index (χ3v) is 4.23. The number of rotatable bonds is 5. The fourth-order valence-corrected chi connectivity index (χ4v) is 3.09. The lowest BCUT2D eigenvalue weighted by molar-refractivity contribution is 0.231. The van der Waals surface area contributed by atoms with Gasteiger partial charge in [-0.25, -0.2) is 8.78 Å². The standard InChI is InChI=1S/C16H17F2N5O2/c1-9-20-15(22-25-9)8-23-7-11(18)4-12(23)6-19-16-21-13-3-2-10(17)5-14(13)24-16/h2-3,5,11-12H,4,6-8H2,1H3,(H,19,21)/t11-,12-/m0/s1. The summed E-state index contributed by atoms with van der Waals surface area (Å²) in [7, 11) is 0. The first kappa shape index (κ1) is 15.9. The Balaban J connectivity index is 1.42. The van der Waals surface area contributed by atoms with Gasteiger partial charge in [-0.05, 0) is 18.6 Å². The van der Waals surface area contributed by atoms with Gasteiger partial charge in [0.05, 0.1) is 6.54 Å². The maximum absolute atomic E-state index is 13.9. The van der Waals surface area contributed by atoms with Crippen LogP contribution in [0.15, 0.2) is 27.1 Å². The van der Waals surface area contributed by atoms with Crippen LogP contribution in [0, 0.1) is 12.7 Å². The Bertz CT molecular complexity index is 880. The molecule has 1 aliphatic rings. The zero-order valence-corrected chi connectivity index (χ0v) is 13.6. The van der Waals surface area contributed by atoms with E-state index in [4.69, 9.17) is 8.94 Å². The number of fused-ring (bicyclic) bond motifs is 1. The van der Waals surface area contributed by atoms with Gasteiger partial charge in [0.15, 0.2) is 11.4 Å². The molecule has 7 nitrogen and oxygen atoms in total. The van der Waals surface area contributed by atoms with E-state index in [1.54, 1.807) is 13.0 Å². The summed E-state index contributed by atoms with van der Waals surface area (Å²) in [6, 6.07) is 4.40. The van der Waals surface area contributed by atoms with Crippen molar-refractivity contribution in [2.75, 3.05) is 18.4 Å². The smallest absolute Gasteiger partial charge is 0.295 e. The molecule has 0 aliphatic carbocycles. The molecule has 3 heterocycles. The molecule has 0 spiro atoms. The van der Waals surface area contributed by atoms with E-state index in [-0.39, 0.29) is 11.9 Å². The van der Waals surface area contributed by atoms with E-state index in [9.17, 15) is 8.78 Å². The SMILES string of the molecule is Cc1nc(CN2C[C@@H](F)C[C@H]2CNc2nc3ccc(F)cc3o2)no1. The molecule has 0 unspecified atom stereocenters. The largest absolute Gasteiger partial charge is 0.423 e. The van der Waals surface area contributed by atoms with Gasteiger partial charge >= 0.3 is 0 Å². The van der Waals surface area contributed by atoms with Gasteiger partial charge in [0, 0.05) is 32.1 Å². The maximum Gasteiger partial charge on any atom is 0.295 e. The number of aryl methyl sites for hydroxylation is 1. The topological polar surface area (TPSA) is 80.2 Å². The monoisotopic (exact) mass is 349 g/mol. The third kappa shape index (κ3) is 3.46. The molecule has 1 fully saturated rings. The Labute approximate surface area is 142 Å². The van der Waals surface area contributed by atoms with Gasteiger partial charge in [-0.2, -0.15) is 9.97 Å². The van der Waals surface area contributed by atoms with Crippen molar-refractivity contribution >= 4 is 17.1 Å². The van der Waals surface area contributed by atoms with Crippen molar-refractivity contribution in [1.82, 2.24) is 20.0 Å². The van der Waals surface area contributed by atoms with Gasteiger partial charge in [0.2, 0.25) is 5.89 Å². The van der Waals surface area contributed by atoms with Crippen molar-refractivity contribution in [2.45, 2.75) is 32.1 Å². The molecule has 1 aromatic carbocycles. The predicted octanol–water partition coefficient (Wildman–Crippen LogP) is 2.68. The second-order valence-corrected chi connectivity index (χ2v) is 6.16. The third-order valence-electron chi connectivity index (χ3n) is 4.23. The molecule has 2 atom stereocenters. The molecule has 2 aromatic heterocycles. The number of alkyl halides is 1. The van der Waals surface area contributed by atoms with Gasteiger partial charge in [-0.15, -0.1) is 0 Å². The lowest BCUT2D eigenvalue weighted by atomic mass is 10.2. The number of halogens is 2. The molecular weight excluding hydrogens is 332 g/mol. The summed E-state index contributed by atoms with van der Waals surface area (Å²) in [6.07, 6.45) is -0.504. The van der Waals surface area contributed by atoms with Gasteiger partial charge in [0.25, 0.3) is 6.01 Å². The summed E-state index contributed by atoms with van der Waals surface area (Å²) in [5.41, 5.74) is 0.939. The van der Waals surface area contributed by atoms with E-state index >= 15 is 0 Å². The van der Waals surface area contributed by atoms with Crippen LogP contribution in [0.5, 0.6) is 0 Å². The highest BCUT2D eigenvalue weighted by Gasteiger charge is 2.33. The highest BCUT2D eigenvalue weighted by atomic mass is 19.1. The number of aromatic nitrogens is 3. The summed E-state index contributed by atoms with van der Waals surface area (Å²) < 4.78 is 37.5. The number of benzene rings is 1. The fraction of sp³-hybridized carbons (Fsp3) is 0.438. The van der Waals surface area contributed by atoms with E-state index in [1.807, 2.05) is 4.90 Å². The highest BCUT2D eigenvalue weighted by molar-refractivity contribution is 5.74. The lowest BCUT2D eigenvalue weighted by Crippen LogP contribution is -2.34. The summed E-state index contributed by atoms with van der Waals surface area (Å²) in [5.74, 6) is 0.640. The molecule has 0 radical (unpaired) electrons. The highest BCUT2D eigenvalue weighted by Crippen LogP contribution is 2.24. The molecular formula is C16H17F2N5O2. The predicted molar refractivity (Wildman–Crippen MR) is 85.2 cm³/mol. The first-order valence-electron chi connectivity index (χ1n) is 8.04. The van der Waals surface area contributed by atoms with E-state index in [2.05, 4.69) is 20.4 Å². The molecule has 4 rings (SSSR count). The molecule has 1 aliphatic heterocycles. The molecule has 1 saturated heterocycles. The Hall–Kier alpha value is -2.55. The molecule has 0 saturated carbocycles. The summed E-state index contributed by atoms with van der Waals surface area (Å²) >= 11 is 0. The Morgan fingerprint density at radius 3 is 3.04 bits per heavy atom. The van der Waals surface area contributed by atoms with Crippen LogP contribution in [-0.2, 0) is 6.54 Å². The van der Waals surface area contributed by atoms with Crippen molar-refractivity contribution in [3.05, 3.63) is 35.7 Å². The van der Waals surface area contributed by atoms with E-state index in [1.165, 1.54) is 12.1 Å². The number of nitrogens with zero attached hydrogens (tertiary/aromatic N) is 4. The number of anilines is 1. The van der Waals surface area contributed by atoms with E-state index < -0.39 is 6.17 Å². The van der Waals surface area contributed by atoms with E-state index in [0.29, 0.717) is 54.9 Å². The molecule has 0 amide bonds. The number of hydrogen-bond donors (Lipinski definition) is 1. The second kappa shape index (κ2) is 6.40. The van der Waals surface area contributed by atoms with Crippen molar-refractivity contribution in [1.29, 1.82) is 0 Å². The quantitative estimate of drug-likeness (QED) is 0.758. The maximum atomic E-state index is 13.9. The minimum Gasteiger partial charge on any atom is -0.423 e. The summed E-state index contributed by atoms with van der Waals surface area (Å²) in [4.78, 5) is 10.4. The second-order valence-electron chi connectivity index (χ2n) is 6.16. The average Bonchev–Trinajstić information content (AvgIpc) is 3.24. The normalized spacial score (nSPS) is 21.2. The van der Waals surface area contributed by atoms with Crippen LogP contribution >= 0.6 is 0 Å². The van der Waals surface area contributed by atoms with Crippen LogP contribution in [0.25, 0.3) is 11.1 Å². The number of hydrogen-bond acceptors (Lipinski definition) is 7. The van der Waals surface area contributed by atoms with Crippen LogP contribution in [0.4, 0.5) is 14.8 Å². The Kier molecular flexibility index (Phi) is 4.08. The van der Waals surface area contributed by atoms with Gasteiger partial charge in [-0.3, -0.25) is 4.90 Å². The molecule has 132 valence electrons. The zero-order valence-electron chi connectivity index (χ0n) is 13.6. The molecule has 0 bridgehead atoms. The Morgan fingerprint density at radius 1 is 1.36 bits per heavy atom. The zero-order chi connectivity index (χ0) is 17.4. The summed E-state index contributed by atoms with van der Waals surface area (Å²) in [6.45, 7) is 2.90. The minimum atomic E-state index is -0.905. The van der Waals surface area contributed by atoms with Crippen LogP contribution in [0.3, 0.4) is 0 Å². The molecule has 3 aromatic rings. The lowest BCUT2D eigenvalue weighted by Gasteiger charge is -2.22. The first-order chi connectivity index (χ1) is 12.1. The molecule has 1 N–H and O–H groups in total. The number of nitrogens with one attached hydrogen (secondary N) is 1. The number of oxazole rings is 1. The van der Waals surface area contributed by atoms with Crippen molar-refractivity contribution in [3.8, 4) is 0 Å². The van der Waals surface area contributed by atoms with Crippen LogP contribution in [0.2, 0.25) is 0 Å². The van der Waals surface area contributed by atoms with Crippen molar-refractivity contribution < 1.29 is 17.7 Å². The molecule has 9 heteroatoms. The van der Waals surface area contributed by atoms with Crippen molar-refractivity contribution in [2.24, 2.45) is 0 Å². The first-order valence-corrected chi connectivity index (χ1v) is 8.04. The van der Waals surface area contributed by atoms with E-state index in [0.717, 1.165) is 0 Å². The average molecular weight is 349 g/mol. The Morgan fingerprint density at radius 2 is 2.24 bits per heavy atom. The summed E-state index contributed by atoms with van der Waals surface area (Å²) in [5, 5.41) is 6.92. The molecule has 25 heavy (non-hydrogen) atoms. The fourth-order valence-electron chi connectivity index (χ4n) is 3.09.